The van der Waals surface area contributed by atoms with Gasteiger partial charge < -0.3 is 5.11 Å². The van der Waals surface area contributed by atoms with E-state index in [4.69, 9.17) is 34.8 Å². The zero-order chi connectivity index (χ0) is 18.9. The molecule has 0 spiro atoms. The molecule has 0 aliphatic rings. The largest absolute Gasteiger partial charge is 0.506 e. The first-order valence-corrected chi connectivity index (χ1v) is 9.53. The van der Waals surface area contributed by atoms with Gasteiger partial charge >= 0.3 is 0 Å². The lowest BCUT2D eigenvalue weighted by molar-refractivity contribution is 0.474. The van der Waals surface area contributed by atoms with Crippen LogP contribution < -0.4 is 4.72 Å². The molecule has 0 aliphatic carbocycles. The number of aryl methyl sites for hydroxylation is 1. The summed E-state index contributed by atoms with van der Waals surface area (Å²) in [6.07, 6.45) is 2.75. The van der Waals surface area contributed by atoms with Crippen molar-refractivity contribution in [2.24, 2.45) is 0 Å². The second-order valence-electron chi connectivity index (χ2n) is 5.13. The number of phenols is 1. The first kappa shape index (κ1) is 19.7. The van der Waals surface area contributed by atoms with Crippen molar-refractivity contribution in [3.8, 4) is 5.75 Å². The Bertz CT molecular complexity index is 985. The van der Waals surface area contributed by atoms with E-state index in [1.165, 1.54) is 30.4 Å². The lowest BCUT2D eigenvalue weighted by Crippen LogP contribution is -2.15. The Morgan fingerprint density at radius 1 is 1.00 bits per heavy atom. The molecule has 2 aromatic rings. The molecule has 0 aliphatic heterocycles. The first-order chi connectivity index (χ1) is 11.6. The molecule has 25 heavy (non-hydrogen) atoms. The van der Waals surface area contributed by atoms with Crippen LogP contribution in [0.3, 0.4) is 0 Å². The summed E-state index contributed by atoms with van der Waals surface area (Å²) in [6.45, 7) is 8.90. The van der Waals surface area contributed by atoms with Gasteiger partial charge in [0.05, 0.1) is 15.7 Å². The molecule has 0 fully saturated rings. The van der Waals surface area contributed by atoms with Crippen LogP contribution in [0.15, 0.2) is 36.3 Å². The fraction of sp³-hybridized carbons (Fsp3) is 0.0588. The number of benzene rings is 2. The maximum Gasteiger partial charge on any atom is 0.263 e. The molecule has 2 rings (SSSR count). The lowest BCUT2D eigenvalue weighted by atomic mass is 10.0. The lowest BCUT2D eigenvalue weighted by Gasteiger charge is -2.16. The molecule has 0 saturated carbocycles. The van der Waals surface area contributed by atoms with E-state index < -0.39 is 10.0 Å². The Morgan fingerprint density at radius 2 is 1.60 bits per heavy atom. The predicted octanol–water partition coefficient (Wildman–Crippen LogP) is 5.75. The Balaban J connectivity index is 2.63. The molecule has 0 bridgehead atoms. The van der Waals surface area contributed by atoms with Gasteiger partial charge in [-0.05, 0) is 30.7 Å². The predicted molar refractivity (Wildman–Crippen MR) is 105 cm³/mol. The van der Waals surface area contributed by atoms with Crippen LogP contribution >= 0.6 is 34.8 Å². The Morgan fingerprint density at radius 3 is 2.16 bits per heavy atom. The monoisotopic (exact) mass is 417 g/mol. The number of rotatable bonds is 5. The smallest absolute Gasteiger partial charge is 0.263 e. The minimum Gasteiger partial charge on any atom is -0.506 e. The van der Waals surface area contributed by atoms with Crippen molar-refractivity contribution in [1.29, 1.82) is 0 Å². The highest BCUT2D eigenvalue weighted by Gasteiger charge is 2.22. The van der Waals surface area contributed by atoms with Gasteiger partial charge in [0.2, 0.25) is 0 Å². The van der Waals surface area contributed by atoms with Gasteiger partial charge in [-0.1, -0.05) is 60.1 Å². The van der Waals surface area contributed by atoms with E-state index in [9.17, 15) is 13.5 Å². The molecular weight excluding hydrogens is 405 g/mol. The SMILES string of the molecule is C=Cc1c(NS(=O)(=O)c2cc(C)c(Cl)cc2Cl)cc(Cl)c(O)c1C=C. The van der Waals surface area contributed by atoms with Gasteiger partial charge in [0.25, 0.3) is 10.0 Å². The average Bonchev–Trinajstić information content (AvgIpc) is 2.53. The summed E-state index contributed by atoms with van der Waals surface area (Å²) in [6, 6.07) is 4.02. The van der Waals surface area contributed by atoms with E-state index in [1.807, 2.05) is 0 Å². The Kier molecular flexibility index (Phi) is 5.74. The van der Waals surface area contributed by atoms with Gasteiger partial charge in [-0.3, -0.25) is 4.72 Å². The molecule has 0 heterocycles. The summed E-state index contributed by atoms with van der Waals surface area (Å²) in [5.41, 5.74) is 1.29. The maximum absolute atomic E-state index is 12.7. The van der Waals surface area contributed by atoms with Crippen LogP contribution in [0.2, 0.25) is 15.1 Å². The third-order valence-corrected chi connectivity index (χ3v) is 6.01. The van der Waals surface area contributed by atoms with Crippen molar-refractivity contribution in [1.82, 2.24) is 0 Å². The topological polar surface area (TPSA) is 66.4 Å². The van der Waals surface area contributed by atoms with Crippen molar-refractivity contribution >= 4 is 62.7 Å². The van der Waals surface area contributed by atoms with Gasteiger partial charge in [-0.25, -0.2) is 8.42 Å². The fourth-order valence-electron chi connectivity index (χ4n) is 2.22. The van der Waals surface area contributed by atoms with Crippen molar-refractivity contribution in [2.75, 3.05) is 4.72 Å². The summed E-state index contributed by atoms with van der Waals surface area (Å²) >= 11 is 18.0. The number of anilines is 1. The highest BCUT2D eigenvalue weighted by Crippen LogP contribution is 2.38. The van der Waals surface area contributed by atoms with Crippen LogP contribution in [0.25, 0.3) is 12.2 Å². The zero-order valence-electron chi connectivity index (χ0n) is 13.1. The van der Waals surface area contributed by atoms with Crippen molar-refractivity contribution in [3.05, 3.63) is 63.1 Å². The van der Waals surface area contributed by atoms with Gasteiger partial charge in [-0.2, -0.15) is 0 Å². The number of hydrogen-bond donors (Lipinski definition) is 2. The van der Waals surface area contributed by atoms with Crippen LogP contribution in [-0.2, 0) is 10.0 Å². The molecule has 132 valence electrons. The summed E-state index contributed by atoms with van der Waals surface area (Å²) in [5.74, 6) is -0.213. The second-order valence-corrected chi connectivity index (χ2v) is 8.00. The van der Waals surface area contributed by atoms with Crippen molar-refractivity contribution in [3.63, 3.8) is 0 Å². The minimum absolute atomic E-state index is 0.0166. The van der Waals surface area contributed by atoms with E-state index in [1.54, 1.807) is 6.92 Å². The number of halogens is 3. The van der Waals surface area contributed by atoms with E-state index in [2.05, 4.69) is 17.9 Å². The van der Waals surface area contributed by atoms with Gasteiger partial charge in [0, 0.05) is 16.1 Å². The van der Waals surface area contributed by atoms with Crippen LogP contribution in [0.1, 0.15) is 16.7 Å². The molecule has 8 heteroatoms. The number of aromatic hydroxyl groups is 1. The van der Waals surface area contributed by atoms with Crippen LogP contribution in [0.5, 0.6) is 5.75 Å². The third-order valence-electron chi connectivity index (χ3n) is 3.49. The Labute approximate surface area is 161 Å². The number of sulfonamides is 1. The summed E-state index contributed by atoms with van der Waals surface area (Å²) in [7, 11) is -4.03. The average molecular weight is 419 g/mol. The summed E-state index contributed by atoms with van der Waals surface area (Å²) < 4.78 is 27.9. The molecular formula is C17H14Cl3NO3S. The van der Waals surface area contributed by atoms with Gasteiger partial charge in [-0.15, -0.1) is 0 Å². The van der Waals surface area contributed by atoms with Crippen molar-refractivity contribution < 1.29 is 13.5 Å². The normalized spacial score (nSPS) is 11.2. The zero-order valence-corrected chi connectivity index (χ0v) is 16.2. The van der Waals surface area contributed by atoms with Crippen molar-refractivity contribution in [2.45, 2.75) is 11.8 Å². The Hall–Kier alpha value is -1.66. The second kappa shape index (κ2) is 7.30. The molecule has 0 aromatic heterocycles. The standard InChI is InChI=1S/C17H14Cl3NO3S/c1-4-10-11(5-2)17(22)14(20)8-15(10)21-25(23,24)16-6-9(3)12(18)7-13(16)19/h4-8,21-22H,1-2H2,3H3. The highest BCUT2D eigenvalue weighted by atomic mass is 35.5. The molecule has 2 N–H and O–H groups in total. The molecule has 0 saturated heterocycles. The summed E-state index contributed by atoms with van der Waals surface area (Å²) in [5, 5.41) is 10.3. The molecule has 4 nitrogen and oxygen atoms in total. The van der Waals surface area contributed by atoms with Crippen LogP contribution in [0, 0.1) is 6.92 Å². The van der Waals surface area contributed by atoms with E-state index >= 15 is 0 Å². The highest BCUT2D eigenvalue weighted by molar-refractivity contribution is 7.92. The quantitative estimate of drug-likeness (QED) is 0.608. The first-order valence-electron chi connectivity index (χ1n) is 6.91. The fourth-order valence-corrected chi connectivity index (χ4v) is 4.34. The third kappa shape index (κ3) is 3.80. The van der Waals surface area contributed by atoms with Crippen LogP contribution in [-0.4, -0.2) is 13.5 Å². The molecule has 2 aromatic carbocycles. The van der Waals surface area contributed by atoms with Gasteiger partial charge in [0.1, 0.15) is 10.6 Å². The van der Waals surface area contributed by atoms with E-state index in [-0.39, 0.29) is 31.9 Å². The molecule has 0 amide bonds. The van der Waals surface area contributed by atoms with E-state index in [0.29, 0.717) is 16.1 Å². The van der Waals surface area contributed by atoms with E-state index in [0.717, 1.165) is 0 Å². The maximum atomic E-state index is 12.7. The number of phenolic OH excluding ortho intramolecular Hbond substituents is 1. The number of nitrogens with one attached hydrogen (secondary N) is 1. The molecule has 0 unspecified atom stereocenters. The minimum atomic E-state index is -4.03. The molecule has 0 atom stereocenters. The number of hydrogen-bond acceptors (Lipinski definition) is 3. The van der Waals surface area contributed by atoms with Gasteiger partial charge in [0.15, 0.2) is 0 Å². The van der Waals surface area contributed by atoms with Crippen LogP contribution in [0.4, 0.5) is 5.69 Å². The summed E-state index contributed by atoms with van der Waals surface area (Å²) in [4.78, 5) is -0.129. The molecule has 0 radical (unpaired) electrons.